The molecule has 5 rings (SSSR count). The highest BCUT2D eigenvalue weighted by atomic mass is 19.1. The van der Waals surface area contributed by atoms with E-state index in [1.165, 1.54) is 41.9 Å². The first kappa shape index (κ1) is 23.4. The van der Waals surface area contributed by atoms with E-state index in [0.29, 0.717) is 28.2 Å². The molecule has 3 aromatic heterocycles. The summed E-state index contributed by atoms with van der Waals surface area (Å²) in [6.07, 6.45) is 3.05. The molecule has 0 saturated carbocycles. The minimum Gasteiger partial charge on any atom is -0.489 e. The molecule has 2 atom stereocenters. The number of nitrogens with two attached hydrogens (primary N) is 1. The number of aliphatic hydroxyl groups is 1. The van der Waals surface area contributed by atoms with Crippen molar-refractivity contribution in [2.24, 2.45) is 5.73 Å². The van der Waals surface area contributed by atoms with Crippen LogP contribution in [0.2, 0.25) is 0 Å². The maximum absolute atomic E-state index is 13.6. The molecule has 4 aromatic rings. The number of halogens is 1. The monoisotopic (exact) mass is 490 g/mol. The van der Waals surface area contributed by atoms with Gasteiger partial charge in [-0.2, -0.15) is 5.10 Å². The van der Waals surface area contributed by atoms with Crippen LogP contribution in [0.3, 0.4) is 0 Å². The highest BCUT2D eigenvalue weighted by molar-refractivity contribution is 5.93. The summed E-state index contributed by atoms with van der Waals surface area (Å²) in [4.78, 5) is 33.9. The molecule has 0 radical (unpaired) electrons. The second-order valence-electron chi connectivity index (χ2n) is 9.13. The Bertz CT molecular complexity index is 1470. The molecule has 0 unspecified atom stereocenters. The SMILES string of the molecule is C[C@](O)(CNC(=O)c1cn2ncccc2n1)c1cc2c(c(-c3ccc(F)cc3)n1)OC[C@]2(C)C(N)=O. The molecule has 0 saturated heterocycles. The number of benzene rings is 1. The van der Waals surface area contributed by atoms with Crippen molar-refractivity contribution in [2.75, 3.05) is 13.2 Å². The first-order chi connectivity index (χ1) is 17.1. The van der Waals surface area contributed by atoms with Crippen molar-refractivity contribution in [1.82, 2.24) is 24.9 Å². The van der Waals surface area contributed by atoms with E-state index in [0.717, 1.165) is 0 Å². The number of carbonyl (C=O) groups is 2. The van der Waals surface area contributed by atoms with Gasteiger partial charge in [0.1, 0.15) is 40.6 Å². The maximum Gasteiger partial charge on any atom is 0.271 e. The summed E-state index contributed by atoms with van der Waals surface area (Å²) in [5.41, 5.74) is 4.99. The molecule has 0 spiro atoms. The van der Waals surface area contributed by atoms with Crippen molar-refractivity contribution in [1.29, 1.82) is 0 Å². The Morgan fingerprint density at radius 3 is 2.72 bits per heavy atom. The normalized spacial score (nSPS) is 18.3. The Balaban J connectivity index is 1.50. The lowest BCUT2D eigenvalue weighted by atomic mass is 9.82. The quantitative estimate of drug-likeness (QED) is 0.373. The predicted octanol–water partition coefficient (Wildman–Crippen LogP) is 1.70. The smallest absolute Gasteiger partial charge is 0.271 e. The van der Waals surface area contributed by atoms with Crippen LogP contribution in [0.5, 0.6) is 5.75 Å². The van der Waals surface area contributed by atoms with Gasteiger partial charge in [-0.05, 0) is 56.3 Å². The standard InChI is InChI=1S/C25H23FN6O4/c1-24(23(27)34)13-36-21-16(24)10-18(31-20(21)14-5-7-15(26)8-6-14)25(2,35)12-28-22(33)17-11-32-19(30-17)4-3-9-29-32/h3-11,35H,12-13H2,1-2H3,(H2,27,34)(H,28,33)/t24-,25-/m0/s1. The van der Waals surface area contributed by atoms with Gasteiger partial charge in [-0.3, -0.25) is 9.59 Å². The molecule has 10 nitrogen and oxygen atoms in total. The lowest BCUT2D eigenvalue weighted by Gasteiger charge is -2.26. The average Bonchev–Trinajstić information content (AvgIpc) is 3.45. The van der Waals surface area contributed by atoms with E-state index in [-0.39, 0.29) is 24.5 Å². The van der Waals surface area contributed by atoms with Crippen LogP contribution in [0.1, 0.15) is 35.6 Å². The van der Waals surface area contributed by atoms with Crippen LogP contribution in [-0.4, -0.2) is 49.7 Å². The van der Waals surface area contributed by atoms with Crippen molar-refractivity contribution in [3.8, 4) is 17.0 Å². The molecule has 1 aliphatic rings. The molecule has 11 heteroatoms. The highest BCUT2D eigenvalue weighted by Crippen LogP contribution is 2.45. The fourth-order valence-electron chi connectivity index (χ4n) is 4.04. The van der Waals surface area contributed by atoms with Gasteiger partial charge in [0.05, 0.1) is 18.4 Å². The number of hydrogen-bond donors (Lipinski definition) is 3. The molecule has 4 heterocycles. The second-order valence-corrected chi connectivity index (χ2v) is 9.13. The molecular weight excluding hydrogens is 467 g/mol. The van der Waals surface area contributed by atoms with E-state index in [1.807, 2.05) is 0 Å². The van der Waals surface area contributed by atoms with Gasteiger partial charge in [0.15, 0.2) is 5.65 Å². The summed E-state index contributed by atoms with van der Waals surface area (Å²) >= 11 is 0. The van der Waals surface area contributed by atoms with Crippen molar-refractivity contribution in [3.63, 3.8) is 0 Å². The number of amides is 2. The molecule has 36 heavy (non-hydrogen) atoms. The number of rotatable bonds is 6. The second kappa shape index (κ2) is 8.38. The van der Waals surface area contributed by atoms with E-state index in [1.54, 1.807) is 31.3 Å². The molecule has 0 bridgehead atoms. The molecule has 2 amide bonds. The Morgan fingerprint density at radius 1 is 1.28 bits per heavy atom. The molecule has 0 aliphatic carbocycles. The lowest BCUT2D eigenvalue weighted by Crippen LogP contribution is -2.41. The van der Waals surface area contributed by atoms with Crippen LogP contribution in [0.4, 0.5) is 4.39 Å². The number of hydrogen-bond acceptors (Lipinski definition) is 7. The number of nitrogens with zero attached hydrogens (tertiary/aromatic N) is 4. The van der Waals surface area contributed by atoms with E-state index >= 15 is 0 Å². The van der Waals surface area contributed by atoms with Gasteiger partial charge in [0.2, 0.25) is 5.91 Å². The summed E-state index contributed by atoms with van der Waals surface area (Å²) in [5.74, 6) is -1.20. The molecular formula is C25H23FN6O4. The number of carbonyl (C=O) groups excluding carboxylic acids is 2. The van der Waals surface area contributed by atoms with Gasteiger partial charge in [-0.1, -0.05) is 0 Å². The summed E-state index contributed by atoms with van der Waals surface area (Å²) < 4.78 is 20.8. The number of pyridine rings is 1. The van der Waals surface area contributed by atoms with Crippen molar-refractivity contribution >= 4 is 17.5 Å². The van der Waals surface area contributed by atoms with Crippen LogP contribution in [0.15, 0.2) is 54.9 Å². The number of nitrogens with one attached hydrogen (secondary N) is 1. The summed E-state index contributed by atoms with van der Waals surface area (Å²) in [5, 5.41) is 18.1. The maximum atomic E-state index is 13.6. The number of imidazole rings is 1. The number of primary amides is 1. The van der Waals surface area contributed by atoms with Gasteiger partial charge < -0.3 is 20.9 Å². The third-order valence-electron chi connectivity index (χ3n) is 6.35. The fraction of sp³-hybridized carbons (Fsp3) is 0.240. The molecule has 0 fully saturated rings. The summed E-state index contributed by atoms with van der Waals surface area (Å²) in [6.45, 7) is 2.92. The first-order valence-corrected chi connectivity index (χ1v) is 11.1. The van der Waals surface area contributed by atoms with E-state index in [9.17, 15) is 19.1 Å². The van der Waals surface area contributed by atoms with Crippen LogP contribution < -0.4 is 15.8 Å². The van der Waals surface area contributed by atoms with Crippen molar-refractivity contribution in [2.45, 2.75) is 24.9 Å². The van der Waals surface area contributed by atoms with Crippen molar-refractivity contribution in [3.05, 3.63) is 77.6 Å². The lowest BCUT2D eigenvalue weighted by molar-refractivity contribution is -0.123. The minimum atomic E-state index is -1.65. The number of aromatic nitrogens is 4. The molecule has 1 aliphatic heterocycles. The van der Waals surface area contributed by atoms with E-state index < -0.39 is 28.6 Å². The number of ether oxygens (including phenoxy) is 1. The largest absolute Gasteiger partial charge is 0.489 e. The predicted molar refractivity (Wildman–Crippen MR) is 127 cm³/mol. The first-order valence-electron chi connectivity index (χ1n) is 11.1. The van der Waals surface area contributed by atoms with Crippen LogP contribution >= 0.6 is 0 Å². The molecule has 184 valence electrons. The average molecular weight is 490 g/mol. The number of fused-ring (bicyclic) bond motifs is 2. The molecule has 1 aromatic carbocycles. The Labute approximate surface area is 204 Å². The summed E-state index contributed by atoms with van der Waals surface area (Å²) in [7, 11) is 0. The zero-order chi connectivity index (χ0) is 25.7. The highest BCUT2D eigenvalue weighted by Gasteiger charge is 2.45. The summed E-state index contributed by atoms with van der Waals surface area (Å²) in [6, 6.07) is 10.6. The molecule has 4 N–H and O–H groups in total. The van der Waals surface area contributed by atoms with Crippen LogP contribution in [-0.2, 0) is 15.8 Å². The Kier molecular flexibility index (Phi) is 5.44. The third kappa shape index (κ3) is 3.93. The minimum absolute atomic E-state index is 0.00219. The van der Waals surface area contributed by atoms with Crippen LogP contribution in [0, 0.1) is 5.82 Å². The van der Waals surface area contributed by atoms with Gasteiger partial charge in [-0.25, -0.2) is 18.9 Å². The zero-order valence-electron chi connectivity index (χ0n) is 19.5. The van der Waals surface area contributed by atoms with Crippen LogP contribution in [0.25, 0.3) is 16.9 Å². The van der Waals surface area contributed by atoms with E-state index in [2.05, 4.69) is 20.4 Å². The van der Waals surface area contributed by atoms with E-state index in [4.69, 9.17) is 10.5 Å². The Hall–Kier alpha value is -4.38. The zero-order valence-corrected chi connectivity index (χ0v) is 19.5. The Morgan fingerprint density at radius 2 is 2.03 bits per heavy atom. The van der Waals surface area contributed by atoms with Gasteiger partial charge in [-0.15, -0.1) is 0 Å². The topological polar surface area (TPSA) is 145 Å². The fourth-order valence-corrected chi connectivity index (χ4v) is 4.04. The van der Waals surface area contributed by atoms with Gasteiger partial charge in [0.25, 0.3) is 5.91 Å². The van der Waals surface area contributed by atoms with Gasteiger partial charge in [0, 0.05) is 17.3 Å². The van der Waals surface area contributed by atoms with Crippen molar-refractivity contribution < 1.29 is 23.8 Å². The van der Waals surface area contributed by atoms with Gasteiger partial charge >= 0.3 is 0 Å². The third-order valence-corrected chi connectivity index (χ3v) is 6.35.